The van der Waals surface area contributed by atoms with E-state index >= 15 is 0 Å². The average Bonchev–Trinajstić information content (AvgIpc) is 2.98. The number of rotatable bonds is 2. The van der Waals surface area contributed by atoms with Gasteiger partial charge in [-0.25, -0.2) is 4.99 Å². The molecule has 3 aliphatic rings. The Bertz CT molecular complexity index is 573. The van der Waals surface area contributed by atoms with E-state index in [4.69, 9.17) is 4.74 Å². The number of ether oxygens (including phenoxy) is 1. The SMILES string of the molecule is COC1=CC=CC=C(N2CCN(C3=NC=CCC=C3)CC2)C1. The van der Waals surface area contributed by atoms with Gasteiger partial charge < -0.3 is 14.5 Å². The van der Waals surface area contributed by atoms with E-state index in [0.29, 0.717) is 0 Å². The number of piperazine rings is 1. The van der Waals surface area contributed by atoms with Crippen LogP contribution in [0.15, 0.2) is 65.2 Å². The monoisotopic (exact) mass is 297 g/mol. The highest BCUT2D eigenvalue weighted by Crippen LogP contribution is 2.21. The van der Waals surface area contributed by atoms with Crippen LogP contribution < -0.4 is 0 Å². The van der Waals surface area contributed by atoms with Crippen molar-refractivity contribution in [2.24, 2.45) is 4.99 Å². The molecular formula is C18H23N3O. The predicted octanol–water partition coefficient (Wildman–Crippen LogP) is 2.85. The Morgan fingerprint density at radius 2 is 1.77 bits per heavy atom. The summed E-state index contributed by atoms with van der Waals surface area (Å²) in [7, 11) is 1.74. The second-order valence-electron chi connectivity index (χ2n) is 5.54. The van der Waals surface area contributed by atoms with Crippen LogP contribution in [0.4, 0.5) is 0 Å². The van der Waals surface area contributed by atoms with Gasteiger partial charge in [-0.05, 0) is 24.6 Å². The molecule has 22 heavy (non-hydrogen) atoms. The van der Waals surface area contributed by atoms with Crippen molar-refractivity contribution in [2.45, 2.75) is 12.8 Å². The minimum Gasteiger partial charge on any atom is -0.501 e. The normalized spacial score (nSPS) is 21.8. The Morgan fingerprint density at radius 3 is 2.59 bits per heavy atom. The summed E-state index contributed by atoms with van der Waals surface area (Å²) in [6.07, 6.45) is 18.5. The fourth-order valence-electron chi connectivity index (χ4n) is 2.88. The van der Waals surface area contributed by atoms with Crippen molar-refractivity contribution in [3.63, 3.8) is 0 Å². The molecule has 0 atom stereocenters. The lowest BCUT2D eigenvalue weighted by molar-refractivity contribution is 0.209. The number of hydrogen-bond acceptors (Lipinski definition) is 4. The van der Waals surface area contributed by atoms with Crippen molar-refractivity contribution in [1.82, 2.24) is 9.80 Å². The maximum atomic E-state index is 5.42. The van der Waals surface area contributed by atoms with Gasteiger partial charge in [0.15, 0.2) is 0 Å². The number of nitrogens with zero attached hydrogens (tertiary/aromatic N) is 3. The zero-order valence-corrected chi connectivity index (χ0v) is 13.1. The third-order valence-electron chi connectivity index (χ3n) is 4.16. The molecule has 2 heterocycles. The fourth-order valence-corrected chi connectivity index (χ4v) is 2.88. The minimum atomic E-state index is 0.868. The molecule has 0 amide bonds. The summed E-state index contributed by atoms with van der Waals surface area (Å²) in [5, 5.41) is 0. The van der Waals surface area contributed by atoms with Crippen molar-refractivity contribution in [3.05, 3.63) is 60.2 Å². The van der Waals surface area contributed by atoms with Crippen LogP contribution in [0.1, 0.15) is 12.8 Å². The average molecular weight is 297 g/mol. The second kappa shape index (κ2) is 7.16. The molecule has 0 N–H and O–H groups in total. The van der Waals surface area contributed by atoms with Crippen LogP contribution in [0.2, 0.25) is 0 Å². The molecule has 1 aliphatic carbocycles. The molecule has 1 saturated heterocycles. The lowest BCUT2D eigenvalue weighted by atomic mass is 10.2. The molecule has 3 rings (SSSR count). The molecule has 0 unspecified atom stereocenters. The van der Waals surface area contributed by atoms with Crippen LogP contribution >= 0.6 is 0 Å². The Kier molecular flexibility index (Phi) is 4.78. The highest BCUT2D eigenvalue weighted by molar-refractivity contribution is 5.93. The van der Waals surface area contributed by atoms with Gasteiger partial charge in [-0.1, -0.05) is 24.3 Å². The second-order valence-corrected chi connectivity index (χ2v) is 5.54. The largest absolute Gasteiger partial charge is 0.501 e. The van der Waals surface area contributed by atoms with Gasteiger partial charge >= 0.3 is 0 Å². The number of aliphatic imine (C=N–C) groups is 1. The number of methoxy groups -OCH3 is 1. The van der Waals surface area contributed by atoms with Crippen LogP contribution in [-0.4, -0.2) is 48.9 Å². The lowest BCUT2D eigenvalue weighted by Gasteiger charge is -2.38. The standard InChI is InChI=1S/C18H23N3O/c1-22-17-8-5-4-7-16(15-17)20-11-13-21(14-12-20)18-9-3-2-6-10-19-18/h3-10H,2,11-15H2,1H3. The van der Waals surface area contributed by atoms with Crippen LogP contribution in [0.25, 0.3) is 0 Å². The lowest BCUT2D eigenvalue weighted by Crippen LogP contribution is -2.47. The highest BCUT2D eigenvalue weighted by atomic mass is 16.5. The van der Waals surface area contributed by atoms with E-state index < -0.39 is 0 Å². The third-order valence-corrected chi connectivity index (χ3v) is 4.16. The first-order valence-electron chi connectivity index (χ1n) is 7.86. The van der Waals surface area contributed by atoms with E-state index in [1.807, 2.05) is 18.4 Å². The molecule has 0 aromatic heterocycles. The summed E-state index contributed by atoms with van der Waals surface area (Å²) in [5.74, 6) is 2.10. The zero-order chi connectivity index (χ0) is 15.2. The first-order chi connectivity index (χ1) is 10.9. The molecule has 4 nitrogen and oxygen atoms in total. The van der Waals surface area contributed by atoms with Crippen molar-refractivity contribution in [2.75, 3.05) is 33.3 Å². The van der Waals surface area contributed by atoms with Crippen LogP contribution in [0.3, 0.4) is 0 Å². The molecule has 116 valence electrons. The number of allylic oxidation sites excluding steroid dienone is 6. The molecule has 1 fully saturated rings. The van der Waals surface area contributed by atoms with Gasteiger partial charge in [-0.2, -0.15) is 0 Å². The highest BCUT2D eigenvalue weighted by Gasteiger charge is 2.21. The smallest absolute Gasteiger partial charge is 0.128 e. The first kappa shape index (κ1) is 14.7. The summed E-state index contributed by atoms with van der Waals surface area (Å²) in [6, 6.07) is 0. The van der Waals surface area contributed by atoms with E-state index in [2.05, 4.69) is 45.2 Å². The van der Waals surface area contributed by atoms with E-state index in [1.54, 1.807) is 7.11 Å². The molecule has 0 saturated carbocycles. The summed E-state index contributed by atoms with van der Waals surface area (Å²) in [4.78, 5) is 9.34. The van der Waals surface area contributed by atoms with Crippen LogP contribution in [0.5, 0.6) is 0 Å². The van der Waals surface area contributed by atoms with E-state index in [-0.39, 0.29) is 0 Å². The molecule has 0 radical (unpaired) electrons. The van der Waals surface area contributed by atoms with Crippen molar-refractivity contribution >= 4 is 5.84 Å². The topological polar surface area (TPSA) is 28.1 Å². The van der Waals surface area contributed by atoms with Gasteiger partial charge in [-0.3, -0.25) is 0 Å². The maximum absolute atomic E-state index is 5.42. The van der Waals surface area contributed by atoms with E-state index in [1.165, 1.54) is 5.70 Å². The maximum Gasteiger partial charge on any atom is 0.128 e. The van der Waals surface area contributed by atoms with Gasteiger partial charge in [-0.15, -0.1) is 0 Å². The number of hydrogen-bond donors (Lipinski definition) is 0. The van der Waals surface area contributed by atoms with E-state index in [9.17, 15) is 0 Å². The Balaban J connectivity index is 1.61. The quantitative estimate of drug-likeness (QED) is 0.784. The zero-order valence-electron chi connectivity index (χ0n) is 13.1. The van der Waals surface area contributed by atoms with E-state index in [0.717, 1.165) is 50.6 Å². The van der Waals surface area contributed by atoms with Crippen molar-refractivity contribution < 1.29 is 4.74 Å². The first-order valence-corrected chi connectivity index (χ1v) is 7.86. The van der Waals surface area contributed by atoms with Crippen LogP contribution in [0, 0.1) is 0 Å². The minimum absolute atomic E-state index is 0.868. The molecule has 0 aromatic carbocycles. The van der Waals surface area contributed by atoms with Gasteiger partial charge in [0.2, 0.25) is 0 Å². The molecule has 0 aromatic rings. The van der Waals surface area contributed by atoms with Crippen molar-refractivity contribution in [1.29, 1.82) is 0 Å². The predicted molar refractivity (Wildman–Crippen MR) is 90.4 cm³/mol. The molecular weight excluding hydrogens is 274 g/mol. The summed E-state index contributed by atoms with van der Waals surface area (Å²) in [5.41, 5.74) is 1.33. The van der Waals surface area contributed by atoms with Gasteiger partial charge in [0, 0.05) is 44.5 Å². The Labute approximate surface area is 132 Å². The summed E-state index contributed by atoms with van der Waals surface area (Å²) in [6.45, 7) is 4.05. The van der Waals surface area contributed by atoms with Gasteiger partial charge in [0.25, 0.3) is 0 Å². The fraction of sp³-hybridized carbons (Fsp3) is 0.389. The summed E-state index contributed by atoms with van der Waals surface area (Å²) < 4.78 is 5.42. The summed E-state index contributed by atoms with van der Waals surface area (Å²) >= 11 is 0. The Morgan fingerprint density at radius 1 is 1.00 bits per heavy atom. The molecule has 4 heteroatoms. The van der Waals surface area contributed by atoms with Crippen molar-refractivity contribution in [3.8, 4) is 0 Å². The molecule has 2 aliphatic heterocycles. The Hall–Kier alpha value is -2.23. The number of amidine groups is 1. The molecule has 0 spiro atoms. The molecule has 0 bridgehead atoms. The van der Waals surface area contributed by atoms with Crippen LogP contribution in [-0.2, 0) is 4.74 Å². The van der Waals surface area contributed by atoms with Gasteiger partial charge in [0.1, 0.15) is 11.6 Å². The third kappa shape index (κ3) is 3.50. The van der Waals surface area contributed by atoms with Gasteiger partial charge in [0.05, 0.1) is 7.11 Å².